The smallest absolute Gasteiger partial charge is 0.270 e. The van der Waals surface area contributed by atoms with E-state index in [1.54, 1.807) is 38.6 Å². The van der Waals surface area contributed by atoms with Gasteiger partial charge in [0.15, 0.2) is 11.5 Å². The van der Waals surface area contributed by atoms with Gasteiger partial charge >= 0.3 is 0 Å². The molecule has 24 heavy (non-hydrogen) atoms. The summed E-state index contributed by atoms with van der Waals surface area (Å²) in [6, 6.07) is 10.6. The van der Waals surface area contributed by atoms with Crippen LogP contribution in [0.1, 0.15) is 29.0 Å². The highest BCUT2D eigenvalue weighted by atomic mass is 16.5. The molecule has 1 heterocycles. The van der Waals surface area contributed by atoms with Crippen molar-refractivity contribution in [3.63, 3.8) is 0 Å². The van der Waals surface area contributed by atoms with E-state index >= 15 is 0 Å². The van der Waals surface area contributed by atoms with Crippen molar-refractivity contribution >= 4 is 5.91 Å². The summed E-state index contributed by atoms with van der Waals surface area (Å²) in [5.41, 5.74) is 1.30. The lowest BCUT2D eigenvalue weighted by Crippen LogP contribution is -2.27. The molecule has 1 aromatic carbocycles. The molecule has 1 unspecified atom stereocenters. The van der Waals surface area contributed by atoms with Gasteiger partial charge in [-0.25, -0.2) is 0 Å². The molecule has 2 rings (SSSR count). The van der Waals surface area contributed by atoms with Crippen molar-refractivity contribution in [2.45, 2.75) is 13.0 Å². The molecule has 1 atom stereocenters. The summed E-state index contributed by atoms with van der Waals surface area (Å²) in [4.78, 5) is 16.2. The number of nitrogens with zero attached hydrogens (tertiary/aromatic N) is 1. The molecule has 1 aromatic heterocycles. The molecule has 2 aromatic rings. The molecule has 0 aliphatic rings. The van der Waals surface area contributed by atoms with Gasteiger partial charge in [-0.3, -0.25) is 9.78 Å². The molecular weight excluding hydrogens is 308 g/mol. The van der Waals surface area contributed by atoms with Gasteiger partial charge < -0.3 is 19.5 Å². The minimum Gasteiger partial charge on any atom is -0.493 e. The minimum atomic E-state index is -0.220. The van der Waals surface area contributed by atoms with Crippen LogP contribution in [0.15, 0.2) is 42.6 Å². The summed E-state index contributed by atoms with van der Waals surface area (Å²) in [7, 11) is 3.20. The van der Waals surface area contributed by atoms with E-state index in [4.69, 9.17) is 14.2 Å². The molecule has 0 aliphatic heterocycles. The number of aromatic nitrogens is 1. The van der Waals surface area contributed by atoms with E-state index in [1.165, 1.54) is 0 Å². The first-order chi connectivity index (χ1) is 11.7. The normalized spacial score (nSPS) is 11.6. The molecule has 6 heteroatoms. The number of nitrogens with one attached hydrogen (secondary N) is 1. The Labute approximate surface area is 141 Å². The Morgan fingerprint density at radius 3 is 2.67 bits per heavy atom. The summed E-state index contributed by atoms with van der Waals surface area (Å²) >= 11 is 0. The summed E-state index contributed by atoms with van der Waals surface area (Å²) in [5, 5.41) is 2.92. The van der Waals surface area contributed by atoms with Crippen molar-refractivity contribution in [3.8, 4) is 11.5 Å². The number of carbonyl (C=O) groups is 1. The van der Waals surface area contributed by atoms with Crippen LogP contribution in [0.3, 0.4) is 0 Å². The molecular formula is C18H22N2O4. The van der Waals surface area contributed by atoms with E-state index in [1.807, 2.05) is 25.1 Å². The molecule has 1 amide bonds. The quantitative estimate of drug-likeness (QED) is 0.754. The van der Waals surface area contributed by atoms with Gasteiger partial charge in [-0.15, -0.1) is 0 Å². The van der Waals surface area contributed by atoms with Crippen LogP contribution in [0.5, 0.6) is 11.5 Å². The van der Waals surface area contributed by atoms with Crippen LogP contribution in [-0.4, -0.2) is 38.3 Å². The summed E-state index contributed by atoms with van der Waals surface area (Å²) in [5.74, 6) is 1.03. The van der Waals surface area contributed by atoms with Crippen LogP contribution in [0.4, 0.5) is 0 Å². The fourth-order valence-electron chi connectivity index (χ4n) is 2.16. The maximum atomic E-state index is 12.2. The first-order valence-corrected chi connectivity index (χ1v) is 7.67. The van der Waals surface area contributed by atoms with Gasteiger partial charge in [-0.1, -0.05) is 12.1 Å². The monoisotopic (exact) mass is 330 g/mol. The molecule has 128 valence electrons. The number of ether oxygens (including phenoxy) is 3. The minimum absolute atomic E-state index is 0.193. The van der Waals surface area contributed by atoms with Gasteiger partial charge in [0.2, 0.25) is 0 Å². The van der Waals surface area contributed by atoms with Gasteiger partial charge in [-0.2, -0.15) is 0 Å². The second-order valence-electron chi connectivity index (χ2n) is 5.16. The van der Waals surface area contributed by atoms with Crippen molar-refractivity contribution < 1.29 is 19.0 Å². The number of amides is 1. The molecule has 0 saturated carbocycles. The van der Waals surface area contributed by atoms with Crippen molar-refractivity contribution in [1.29, 1.82) is 0 Å². The van der Waals surface area contributed by atoms with E-state index < -0.39 is 0 Å². The Morgan fingerprint density at radius 2 is 2.00 bits per heavy atom. The zero-order chi connectivity index (χ0) is 17.4. The second kappa shape index (κ2) is 8.88. The highest BCUT2D eigenvalue weighted by molar-refractivity contribution is 5.92. The van der Waals surface area contributed by atoms with Crippen LogP contribution in [-0.2, 0) is 4.74 Å². The zero-order valence-electron chi connectivity index (χ0n) is 14.1. The van der Waals surface area contributed by atoms with Crippen LogP contribution in [0.25, 0.3) is 0 Å². The molecule has 1 N–H and O–H groups in total. The number of rotatable bonds is 8. The first kappa shape index (κ1) is 17.7. The van der Waals surface area contributed by atoms with E-state index in [0.717, 1.165) is 5.56 Å². The largest absolute Gasteiger partial charge is 0.493 e. The summed E-state index contributed by atoms with van der Waals surface area (Å²) in [6.07, 6.45) is 1.59. The maximum absolute atomic E-state index is 12.2. The highest BCUT2D eigenvalue weighted by Gasteiger charge is 2.14. The van der Waals surface area contributed by atoms with Crippen LogP contribution in [0.2, 0.25) is 0 Å². The predicted molar refractivity (Wildman–Crippen MR) is 90.5 cm³/mol. The SMILES string of the molecule is COCCOc1ccc(C(C)NC(=O)c2ccccn2)cc1OC. The standard InChI is InChI=1S/C18H22N2O4/c1-13(20-18(21)15-6-4-5-9-19-15)14-7-8-16(17(12-14)23-3)24-11-10-22-2/h4-9,12-13H,10-11H2,1-3H3,(H,20,21). The third kappa shape index (κ3) is 4.70. The highest BCUT2D eigenvalue weighted by Crippen LogP contribution is 2.30. The van der Waals surface area contributed by atoms with Gasteiger partial charge in [0.05, 0.1) is 19.8 Å². The number of methoxy groups -OCH3 is 2. The lowest BCUT2D eigenvalue weighted by Gasteiger charge is -2.17. The van der Waals surface area contributed by atoms with E-state index in [2.05, 4.69) is 10.3 Å². The average Bonchev–Trinajstić information content (AvgIpc) is 2.62. The van der Waals surface area contributed by atoms with Crippen LogP contribution in [0, 0.1) is 0 Å². The Hall–Kier alpha value is -2.60. The van der Waals surface area contributed by atoms with Crippen LogP contribution < -0.4 is 14.8 Å². The number of benzene rings is 1. The lowest BCUT2D eigenvalue weighted by atomic mass is 10.1. The Balaban J connectivity index is 2.06. The van der Waals surface area contributed by atoms with Crippen LogP contribution >= 0.6 is 0 Å². The molecule has 0 bridgehead atoms. The van der Waals surface area contributed by atoms with E-state index in [-0.39, 0.29) is 11.9 Å². The number of carbonyl (C=O) groups excluding carboxylic acids is 1. The van der Waals surface area contributed by atoms with Crippen molar-refractivity contribution in [2.75, 3.05) is 27.4 Å². The van der Waals surface area contributed by atoms with Crippen molar-refractivity contribution in [1.82, 2.24) is 10.3 Å². The predicted octanol–water partition coefficient (Wildman–Crippen LogP) is 2.61. The lowest BCUT2D eigenvalue weighted by molar-refractivity contribution is 0.0934. The Kier molecular flexibility index (Phi) is 6.57. The third-order valence-corrected chi connectivity index (χ3v) is 3.48. The summed E-state index contributed by atoms with van der Waals surface area (Å²) in [6.45, 7) is 2.85. The number of hydrogen-bond acceptors (Lipinski definition) is 5. The summed E-state index contributed by atoms with van der Waals surface area (Å²) < 4.78 is 15.9. The van der Waals surface area contributed by atoms with E-state index in [9.17, 15) is 4.79 Å². The van der Waals surface area contributed by atoms with Crippen molar-refractivity contribution in [3.05, 3.63) is 53.9 Å². The molecule has 0 spiro atoms. The molecule has 6 nitrogen and oxygen atoms in total. The van der Waals surface area contributed by atoms with E-state index in [0.29, 0.717) is 30.4 Å². The molecule has 0 fully saturated rings. The molecule has 0 aliphatic carbocycles. The number of pyridine rings is 1. The zero-order valence-corrected chi connectivity index (χ0v) is 14.1. The Bertz CT molecular complexity index is 661. The third-order valence-electron chi connectivity index (χ3n) is 3.48. The molecule has 0 radical (unpaired) electrons. The van der Waals surface area contributed by atoms with Crippen molar-refractivity contribution in [2.24, 2.45) is 0 Å². The van der Waals surface area contributed by atoms with Gasteiger partial charge in [0, 0.05) is 13.3 Å². The fourth-order valence-corrected chi connectivity index (χ4v) is 2.16. The molecule has 0 saturated heterocycles. The number of hydrogen-bond donors (Lipinski definition) is 1. The topological polar surface area (TPSA) is 69.7 Å². The Morgan fingerprint density at radius 1 is 1.17 bits per heavy atom. The maximum Gasteiger partial charge on any atom is 0.270 e. The van der Waals surface area contributed by atoms with Gasteiger partial charge in [-0.05, 0) is 36.8 Å². The first-order valence-electron chi connectivity index (χ1n) is 7.67. The fraction of sp³-hybridized carbons (Fsp3) is 0.333. The second-order valence-corrected chi connectivity index (χ2v) is 5.16. The van der Waals surface area contributed by atoms with Gasteiger partial charge in [0.1, 0.15) is 12.3 Å². The average molecular weight is 330 g/mol. The van der Waals surface area contributed by atoms with Gasteiger partial charge in [0.25, 0.3) is 5.91 Å².